The van der Waals surface area contributed by atoms with Gasteiger partial charge in [0.2, 0.25) is 0 Å². The van der Waals surface area contributed by atoms with E-state index in [0.29, 0.717) is 11.7 Å². The standard InChI is InChI=1S/C17H23ClN2O3/c1-10-14-11(7-8-13(18)19-14)15-12(22-10)6-5-9-20(15)16(21)23-17(2,3)4/h7-8,10,12,15H,5-6,9H2,1-4H3/t10-,12+,15+/m1/s1. The molecule has 1 saturated heterocycles. The van der Waals surface area contributed by atoms with Crippen LogP contribution in [0.1, 0.15) is 63.9 Å². The third-order valence-electron chi connectivity index (χ3n) is 4.21. The molecule has 5 nitrogen and oxygen atoms in total. The van der Waals surface area contributed by atoms with E-state index in [1.807, 2.05) is 33.8 Å². The highest BCUT2D eigenvalue weighted by Crippen LogP contribution is 2.43. The van der Waals surface area contributed by atoms with E-state index in [1.54, 1.807) is 11.0 Å². The van der Waals surface area contributed by atoms with Crippen LogP contribution in [-0.4, -0.2) is 34.2 Å². The quantitative estimate of drug-likeness (QED) is 0.663. The molecule has 2 aliphatic rings. The molecule has 2 aliphatic heterocycles. The molecule has 3 atom stereocenters. The van der Waals surface area contributed by atoms with Gasteiger partial charge in [-0.25, -0.2) is 9.78 Å². The molecule has 0 spiro atoms. The van der Waals surface area contributed by atoms with Crippen LogP contribution >= 0.6 is 11.6 Å². The first-order valence-corrected chi connectivity index (χ1v) is 8.45. The molecule has 0 aromatic carbocycles. The van der Waals surface area contributed by atoms with Crippen molar-refractivity contribution in [3.63, 3.8) is 0 Å². The number of rotatable bonds is 0. The van der Waals surface area contributed by atoms with Crippen LogP contribution in [0.2, 0.25) is 5.15 Å². The molecule has 23 heavy (non-hydrogen) atoms. The van der Waals surface area contributed by atoms with Gasteiger partial charge in [0, 0.05) is 12.1 Å². The monoisotopic (exact) mass is 338 g/mol. The predicted octanol–water partition coefficient (Wildman–Crippen LogP) is 4.27. The molecule has 1 fully saturated rings. The Labute approximate surface area is 141 Å². The number of carbonyl (C=O) groups excluding carboxylic acids is 1. The van der Waals surface area contributed by atoms with Gasteiger partial charge in [-0.3, -0.25) is 4.90 Å². The number of aromatic nitrogens is 1. The largest absolute Gasteiger partial charge is 0.444 e. The number of ether oxygens (including phenoxy) is 2. The zero-order chi connectivity index (χ0) is 16.8. The van der Waals surface area contributed by atoms with Crippen molar-refractivity contribution in [2.75, 3.05) is 6.54 Å². The Balaban J connectivity index is 1.96. The predicted molar refractivity (Wildman–Crippen MR) is 87.5 cm³/mol. The highest BCUT2D eigenvalue weighted by atomic mass is 35.5. The van der Waals surface area contributed by atoms with Gasteiger partial charge in [0.15, 0.2) is 0 Å². The Morgan fingerprint density at radius 2 is 2.17 bits per heavy atom. The maximum Gasteiger partial charge on any atom is 0.410 e. The van der Waals surface area contributed by atoms with Crippen molar-refractivity contribution >= 4 is 17.7 Å². The molecule has 0 bridgehead atoms. The van der Waals surface area contributed by atoms with Crippen LogP contribution in [0, 0.1) is 0 Å². The van der Waals surface area contributed by atoms with Crippen molar-refractivity contribution in [3.05, 3.63) is 28.5 Å². The first-order chi connectivity index (χ1) is 10.8. The normalized spacial score (nSPS) is 27.2. The van der Waals surface area contributed by atoms with Crippen LogP contribution in [0.25, 0.3) is 0 Å². The van der Waals surface area contributed by atoms with E-state index in [0.717, 1.165) is 24.1 Å². The number of hydrogen-bond acceptors (Lipinski definition) is 4. The molecular weight excluding hydrogens is 316 g/mol. The maximum atomic E-state index is 12.6. The van der Waals surface area contributed by atoms with Crippen molar-refractivity contribution in [1.82, 2.24) is 9.88 Å². The SMILES string of the molecule is C[C@H]1O[C@H]2CCCN(C(=O)OC(C)(C)C)[C@H]2c2ccc(Cl)nc21. The van der Waals surface area contributed by atoms with Crippen molar-refractivity contribution in [2.45, 2.75) is 64.4 Å². The average molecular weight is 339 g/mol. The minimum absolute atomic E-state index is 0.0262. The van der Waals surface area contributed by atoms with E-state index >= 15 is 0 Å². The van der Waals surface area contributed by atoms with Crippen LogP contribution in [0.15, 0.2) is 12.1 Å². The highest BCUT2D eigenvalue weighted by Gasteiger charge is 2.43. The van der Waals surface area contributed by atoms with Gasteiger partial charge in [-0.15, -0.1) is 0 Å². The van der Waals surface area contributed by atoms with Gasteiger partial charge in [-0.1, -0.05) is 17.7 Å². The van der Waals surface area contributed by atoms with E-state index < -0.39 is 5.60 Å². The molecule has 3 heterocycles. The second-order valence-corrected chi connectivity index (χ2v) is 7.57. The number of hydrogen-bond donors (Lipinski definition) is 0. The number of fused-ring (bicyclic) bond motifs is 3. The van der Waals surface area contributed by atoms with Crippen molar-refractivity contribution < 1.29 is 14.3 Å². The third-order valence-corrected chi connectivity index (χ3v) is 4.42. The summed E-state index contributed by atoms with van der Waals surface area (Å²) in [6, 6.07) is 3.58. The molecule has 3 rings (SSSR count). The summed E-state index contributed by atoms with van der Waals surface area (Å²) < 4.78 is 11.7. The number of amides is 1. The smallest absolute Gasteiger partial charge is 0.410 e. The molecule has 0 N–H and O–H groups in total. The van der Waals surface area contributed by atoms with Gasteiger partial charge in [-0.2, -0.15) is 0 Å². The first kappa shape index (κ1) is 16.5. The van der Waals surface area contributed by atoms with Crippen LogP contribution in [0.3, 0.4) is 0 Å². The molecular formula is C17H23ClN2O3. The molecule has 0 aliphatic carbocycles. The number of likely N-dealkylation sites (tertiary alicyclic amines) is 1. The van der Waals surface area contributed by atoms with Crippen molar-refractivity contribution in [2.24, 2.45) is 0 Å². The van der Waals surface area contributed by atoms with Gasteiger partial charge in [0.1, 0.15) is 10.8 Å². The Kier molecular flexibility index (Phi) is 4.27. The molecule has 0 radical (unpaired) electrons. The fraction of sp³-hybridized carbons (Fsp3) is 0.647. The number of piperidine rings is 1. The summed E-state index contributed by atoms with van der Waals surface area (Å²) in [6.07, 6.45) is 1.39. The van der Waals surface area contributed by atoms with Gasteiger partial charge < -0.3 is 9.47 Å². The number of pyridine rings is 1. The zero-order valence-electron chi connectivity index (χ0n) is 14.0. The van der Waals surface area contributed by atoms with Gasteiger partial charge >= 0.3 is 6.09 Å². The number of halogens is 1. The lowest BCUT2D eigenvalue weighted by molar-refractivity contribution is -0.0954. The van der Waals surface area contributed by atoms with E-state index in [9.17, 15) is 4.79 Å². The van der Waals surface area contributed by atoms with Gasteiger partial charge in [0.05, 0.1) is 23.9 Å². The Bertz CT molecular complexity index is 614. The van der Waals surface area contributed by atoms with E-state index in [-0.39, 0.29) is 24.3 Å². The van der Waals surface area contributed by atoms with Crippen LogP contribution < -0.4 is 0 Å². The average Bonchev–Trinajstić information content (AvgIpc) is 2.45. The number of carbonyl (C=O) groups is 1. The van der Waals surface area contributed by atoms with Gasteiger partial charge in [0.25, 0.3) is 0 Å². The van der Waals surface area contributed by atoms with Crippen molar-refractivity contribution in [3.8, 4) is 0 Å². The topological polar surface area (TPSA) is 51.7 Å². The fourth-order valence-electron chi connectivity index (χ4n) is 3.36. The third kappa shape index (κ3) is 3.31. The molecule has 1 amide bonds. The summed E-state index contributed by atoms with van der Waals surface area (Å²) in [5.74, 6) is 0. The fourth-order valence-corrected chi connectivity index (χ4v) is 3.51. The molecule has 1 aromatic rings. The van der Waals surface area contributed by atoms with Crippen LogP contribution in [0.4, 0.5) is 4.79 Å². The Morgan fingerprint density at radius 1 is 1.43 bits per heavy atom. The second-order valence-electron chi connectivity index (χ2n) is 7.19. The molecule has 0 unspecified atom stereocenters. The summed E-state index contributed by atoms with van der Waals surface area (Å²) in [5, 5.41) is 0.442. The summed E-state index contributed by atoms with van der Waals surface area (Å²) >= 11 is 6.03. The lowest BCUT2D eigenvalue weighted by Crippen LogP contribution is -2.50. The summed E-state index contributed by atoms with van der Waals surface area (Å²) in [4.78, 5) is 18.8. The molecule has 126 valence electrons. The first-order valence-electron chi connectivity index (χ1n) is 8.07. The minimum atomic E-state index is -0.520. The highest BCUT2D eigenvalue weighted by molar-refractivity contribution is 6.29. The van der Waals surface area contributed by atoms with E-state index in [2.05, 4.69) is 4.98 Å². The van der Waals surface area contributed by atoms with E-state index in [4.69, 9.17) is 21.1 Å². The summed E-state index contributed by atoms with van der Waals surface area (Å²) in [6.45, 7) is 8.27. The number of nitrogens with zero attached hydrogens (tertiary/aromatic N) is 2. The lowest BCUT2D eigenvalue weighted by atomic mass is 9.88. The van der Waals surface area contributed by atoms with Crippen molar-refractivity contribution in [1.29, 1.82) is 0 Å². The summed E-state index contributed by atoms with van der Waals surface area (Å²) in [5.41, 5.74) is 1.31. The molecule has 6 heteroatoms. The summed E-state index contributed by atoms with van der Waals surface area (Å²) in [7, 11) is 0. The Morgan fingerprint density at radius 3 is 2.87 bits per heavy atom. The van der Waals surface area contributed by atoms with Crippen LogP contribution in [0.5, 0.6) is 0 Å². The maximum absolute atomic E-state index is 12.6. The molecule has 0 saturated carbocycles. The zero-order valence-corrected chi connectivity index (χ0v) is 14.8. The minimum Gasteiger partial charge on any atom is -0.444 e. The Hall–Kier alpha value is -1.33. The van der Waals surface area contributed by atoms with E-state index in [1.165, 1.54) is 0 Å². The van der Waals surface area contributed by atoms with Gasteiger partial charge in [-0.05, 0) is 46.6 Å². The second kappa shape index (κ2) is 5.95. The lowest BCUT2D eigenvalue weighted by Gasteiger charge is -2.45. The molecule has 1 aromatic heterocycles. The van der Waals surface area contributed by atoms with Crippen LogP contribution in [-0.2, 0) is 9.47 Å².